The van der Waals surface area contributed by atoms with E-state index in [4.69, 9.17) is 0 Å². The number of Topliss-reactive ketones (excluding diaryl/α,β-unsaturated/α-hetero) is 1. The SMILES string of the molecule is C[C@]12CC[C@H]3[C@@H](CC[C@H]4CC(=O)CC(O)[C@@]43C)[C@@H]1CC[C@@H]2O. The van der Waals surface area contributed by atoms with E-state index >= 15 is 0 Å². The molecular formula is C19H30O3. The molecule has 0 spiro atoms. The molecule has 4 saturated carbocycles. The number of rotatable bonds is 0. The van der Waals surface area contributed by atoms with Crippen molar-refractivity contribution in [1.82, 2.24) is 0 Å². The number of hydrogen-bond acceptors (Lipinski definition) is 3. The first-order valence-corrected chi connectivity index (χ1v) is 9.25. The van der Waals surface area contributed by atoms with Gasteiger partial charge in [-0.1, -0.05) is 13.8 Å². The van der Waals surface area contributed by atoms with E-state index in [0.29, 0.717) is 36.5 Å². The summed E-state index contributed by atoms with van der Waals surface area (Å²) in [6, 6.07) is 0. The van der Waals surface area contributed by atoms with Crippen LogP contribution in [0.15, 0.2) is 0 Å². The maximum atomic E-state index is 11.9. The summed E-state index contributed by atoms with van der Waals surface area (Å²) in [6.07, 6.45) is 7.03. The summed E-state index contributed by atoms with van der Waals surface area (Å²) in [4.78, 5) is 11.9. The average Bonchev–Trinajstić information content (AvgIpc) is 2.77. The second kappa shape index (κ2) is 4.80. The van der Waals surface area contributed by atoms with Crippen molar-refractivity contribution in [2.45, 2.75) is 77.4 Å². The van der Waals surface area contributed by atoms with Gasteiger partial charge in [-0.15, -0.1) is 0 Å². The molecule has 0 bridgehead atoms. The predicted molar refractivity (Wildman–Crippen MR) is 84.1 cm³/mol. The molecule has 22 heavy (non-hydrogen) atoms. The highest BCUT2D eigenvalue weighted by Crippen LogP contribution is 2.65. The number of carbonyl (C=O) groups is 1. The highest BCUT2D eigenvalue weighted by Gasteiger charge is 2.62. The topological polar surface area (TPSA) is 57.5 Å². The number of carbonyl (C=O) groups excluding carboxylic acids is 1. The molecule has 4 fully saturated rings. The molecule has 2 N–H and O–H groups in total. The summed E-state index contributed by atoms with van der Waals surface area (Å²) >= 11 is 0. The Hall–Kier alpha value is -0.410. The molecule has 1 unspecified atom stereocenters. The lowest BCUT2D eigenvalue weighted by atomic mass is 9.44. The number of aliphatic hydroxyl groups is 2. The Morgan fingerprint density at radius 3 is 2.45 bits per heavy atom. The van der Waals surface area contributed by atoms with Crippen LogP contribution in [0.5, 0.6) is 0 Å². The van der Waals surface area contributed by atoms with Crippen molar-refractivity contribution < 1.29 is 15.0 Å². The van der Waals surface area contributed by atoms with Gasteiger partial charge in [-0.25, -0.2) is 0 Å². The lowest BCUT2D eigenvalue weighted by molar-refractivity contribution is -0.173. The summed E-state index contributed by atoms with van der Waals surface area (Å²) in [5.41, 5.74) is 0.0193. The van der Waals surface area contributed by atoms with E-state index in [1.54, 1.807) is 0 Å². The van der Waals surface area contributed by atoms with E-state index in [0.717, 1.165) is 32.1 Å². The number of hydrogen-bond donors (Lipinski definition) is 2. The van der Waals surface area contributed by atoms with Crippen molar-refractivity contribution in [1.29, 1.82) is 0 Å². The van der Waals surface area contributed by atoms with Gasteiger partial charge in [0.1, 0.15) is 5.78 Å². The maximum absolute atomic E-state index is 11.9. The molecule has 0 aromatic heterocycles. The van der Waals surface area contributed by atoms with Gasteiger partial charge in [0.05, 0.1) is 12.2 Å². The second-order valence-corrected chi connectivity index (χ2v) is 9.12. The van der Waals surface area contributed by atoms with Crippen LogP contribution >= 0.6 is 0 Å². The Morgan fingerprint density at radius 1 is 0.909 bits per heavy atom. The molecule has 0 amide bonds. The van der Waals surface area contributed by atoms with Crippen molar-refractivity contribution in [3.63, 3.8) is 0 Å². The fraction of sp³-hybridized carbons (Fsp3) is 0.947. The molecule has 124 valence electrons. The van der Waals surface area contributed by atoms with E-state index in [2.05, 4.69) is 13.8 Å². The van der Waals surface area contributed by atoms with Crippen molar-refractivity contribution in [3.05, 3.63) is 0 Å². The van der Waals surface area contributed by atoms with Crippen LogP contribution < -0.4 is 0 Å². The van der Waals surface area contributed by atoms with Gasteiger partial charge in [-0.05, 0) is 67.6 Å². The largest absolute Gasteiger partial charge is 0.393 e. The third kappa shape index (κ3) is 1.78. The predicted octanol–water partition coefficient (Wildman–Crippen LogP) is 2.93. The highest BCUT2D eigenvalue weighted by molar-refractivity contribution is 5.80. The summed E-state index contributed by atoms with van der Waals surface area (Å²) in [5.74, 6) is 2.42. The van der Waals surface area contributed by atoms with Gasteiger partial charge >= 0.3 is 0 Å². The van der Waals surface area contributed by atoms with Crippen molar-refractivity contribution >= 4 is 5.78 Å². The third-order valence-electron chi connectivity index (χ3n) is 8.53. The van der Waals surface area contributed by atoms with Crippen LogP contribution in [0.4, 0.5) is 0 Å². The molecule has 0 aromatic rings. The lowest BCUT2D eigenvalue weighted by Crippen LogP contribution is -2.59. The van der Waals surface area contributed by atoms with Crippen LogP contribution in [0.3, 0.4) is 0 Å². The maximum Gasteiger partial charge on any atom is 0.135 e. The highest BCUT2D eigenvalue weighted by atomic mass is 16.3. The van der Waals surface area contributed by atoms with Gasteiger partial charge in [-0.3, -0.25) is 4.79 Å². The Balaban J connectivity index is 1.67. The smallest absolute Gasteiger partial charge is 0.135 e. The van der Waals surface area contributed by atoms with E-state index < -0.39 is 6.10 Å². The minimum Gasteiger partial charge on any atom is -0.393 e. The van der Waals surface area contributed by atoms with Crippen LogP contribution in [-0.2, 0) is 4.79 Å². The fourth-order valence-electron chi connectivity index (χ4n) is 7.08. The summed E-state index contributed by atoms with van der Waals surface area (Å²) in [6.45, 7) is 4.56. The van der Waals surface area contributed by atoms with E-state index in [-0.39, 0.29) is 22.7 Å². The normalized spacial score (nSPS) is 57.9. The molecule has 3 nitrogen and oxygen atoms in total. The zero-order valence-electron chi connectivity index (χ0n) is 13.9. The Labute approximate surface area is 133 Å². The molecule has 8 atom stereocenters. The van der Waals surface area contributed by atoms with Crippen LogP contribution in [0.1, 0.15) is 65.2 Å². The molecule has 0 aliphatic heterocycles. The quantitative estimate of drug-likeness (QED) is 0.723. The van der Waals surface area contributed by atoms with E-state index in [1.165, 1.54) is 6.42 Å². The van der Waals surface area contributed by atoms with Gasteiger partial charge in [-0.2, -0.15) is 0 Å². The molecule has 0 heterocycles. The molecule has 0 saturated heterocycles. The van der Waals surface area contributed by atoms with Crippen LogP contribution in [0.25, 0.3) is 0 Å². The third-order valence-corrected chi connectivity index (χ3v) is 8.53. The Bertz CT molecular complexity index is 489. The molecule has 4 aliphatic carbocycles. The first-order valence-electron chi connectivity index (χ1n) is 9.25. The molecular weight excluding hydrogens is 276 g/mol. The molecule has 4 aliphatic rings. The van der Waals surface area contributed by atoms with Gasteiger partial charge in [0.2, 0.25) is 0 Å². The van der Waals surface area contributed by atoms with Crippen LogP contribution in [0, 0.1) is 34.5 Å². The minimum atomic E-state index is -0.456. The van der Waals surface area contributed by atoms with Crippen molar-refractivity contribution in [2.24, 2.45) is 34.5 Å². The number of aliphatic hydroxyl groups excluding tert-OH is 2. The number of ketones is 1. The fourth-order valence-corrected chi connectivity index (χ4v) is 7.08. The summed E-state index contributed by atoms with van der Waals surface area (Å²) in [7, 11) is 0. The van der Waals surface area contributed by atoms with Gasteiger partial charge in [0, 0.05) is 18.3 Å². The lowest BCUT2D eigenvalue weighted by Gasteiger charge is -2.61. The van der Waals surface area contributed by atoms with Gasteiger partial charge in [0.25, 0.3) is 0 Å². The first kappa shape index (κ1) is 15.1. The molecule has 4 rings (SSSR count). The summed E-state index contributed by atoms with van der Waals surface area (Å²) < 4.78 is 0. The van der Waals surface area contributed by atoms with Crippen molar-refractivity contribution in [3.8, 4) is 0 Å². The second-order valence-electron chi connectivity index (χ2n) is 9.12. The monoisotopic (exact) mass is 306 g/mol. The van der Waals surface area contributed by atoms with Gasteiger partial charge in [0.15, 0.2) is 0 Å². The van der Waals surface area contributed by atoms with Crippen LogP contribution in [0.2, 0.25) is 0 Å². The standard InChI is InChI=1S/C19H30O3/c1-18-8-7-15-13(14(18)5-6-16(18)21)4-3-11-9-12(20)10-17(22)19(11,15)2/h11,13-17,21-22H,3-10H2,1-2H3/t11-,13-,14-,15-,16-,17?,18-,19-/m0/s1. The molecule has 0 aromatic carbocycles. The average molecular weight is 306 g/mol. The zero-order chi connectivity index (χ0) is 15.7. The Kier molecular flexibility index (Phi) is 3.30. The zero-order valence-corrected chi connectivity index (χ0v) is 13.9. The molecule has 0 radical (unpaired) electrons. The Morgan fingerprint density at radius 2 is 1.68 bits per heavy atom. The minimum absolute atomic E-state index is 0.0777. The first-order chi connectivity index (χ1) is 10.4. The van der Waals surface area contributed by atoms with Gasteiger partial charge < -0.3 is 10.2 Å². The van der Waals surface area contributed by atoms with Crippen molar-refractivity contribution in [2.75, 3.05) is 0 Å². The van der Waals surface area contributed by atoms with E-state index in [1.807, 2.05) is 0 Å². The van der Waals surface area contributed by atoms with Crippen LogP contribution in [-0.4, -0.2) is 28.2 Å². The molecule has 3 heteroatoms. The number of fused-ring (bicyclic) bond motifs is 5. The summed E-state index contributed by atoms with van der Waals surface area (Å²) in [5, 5.41) is 21.2. The van der Waals surface area contributed by atoms with E-state index in [9.17, 15) is 15.0 Å².